The van der Waals surface area contributed by atoms with Crippen molar-refractivity contribution < 1.29 is 26.7 Å². The van der Waals surface area contributed by atoms with Gasteiger partial charge in [-0.25, -0.2) is 8.78 Å². The summed E-state index contributed by atoms with van der Waals surface area (Å²) >= 11 is 0. The highest BCUT2D eigenvalue weighted by molar-refractivity contribution is 5.78. The Morgan fingerprint density at radius 1 is 1.22 bits per heavy atom. The van der Waals surface area contributed by atoms with Gasteiger partial charge in [0.05, 0.1) is 18.4 Å². The average molecular weight is 332 g/mol. The van der Waals surface area contributed by atoms with Crippen LogP contribution in [0.4, 0.5) is 22.0 Å². The zero-order chi connectivity index (χ0) is 17.8. The Kier molecular flexibility index (Phi) is 6.12. The molecule has 0 heterocycles. The van der Waals surface area contributed by atoms with Crippen LogP contribution in [0.3, 0.4) is 0 Å². The normalized spacial score (nSPS) is 13.2. The summed E-state index contributed by atoms with van der Waals surface area (Å²) in [7, 11) is 0. The smallest absolute Gasteiger partial charge is 0.419 e. The fourth-order valence-corrected chi connectivity index (χ4v) is 2.17. The third kappa shape index (κ3) is 4.94. The molecule has 0 saturated heterocycles. The molecule has 1 nitrogen and oxygen atoms in total. The van der Waals surface area contributed by atoms with Crippen LogP contribution in [-0.2, 0) is 4.74 Å². The Morgan fingerprint density at radius 2 is 1.74 bits per heavy atom. The second kappa shape index (κ2) is 7.44. The van der Waals surface area contributed by atoms with Crippen LogP contribution in [-0.4, -0.2) is 12.8 Å². The number of halogens is 5. The third-order valence-corrected chi connectivity index (χ3v) is 3.06. The van der Waals surface area contributed by atoms with Gasteiger partial charge in [-0.15, -0.1) is 0 Å². The second-order valence-electron chi connectivity index (χ2n) is 4.90. The van der Waals surface area contributed by atoms with Gasteiger partial charge in [-0.3, -0.25) is 0 Å². The summed E-state index contributed by atoms with van der Waals surface area (Å²) in [6, 6.07) is 2.38. The predicted molar refractivity (Wildman–Crippen MR) is 79.9 cm³/mol. The van der Waals surface area contributed by atoms with Crippen molar-refractivity contribution in [1.82, 2.24) is 0 Å². The molecule has 0 aliphatic heterocycles. The van der Waals surface area contributed by atoms with Gasteiger partial charge in [0.15, 0.2) is 0 Å². The first-order valence-corrected chi connectivity index (χ1v) is 6.80. The summed E-state index contributed by atoms with van der Waals surface area (Å²) in [5, 5.41) is 0. The van der Waals surface area contributed by atoms with E-state index in [9.17, 15) is 22.0 Å². The molecule has 1 aromatic rings. The second-order valence-corrected chi connectivity index (χ2v) is 4.90. The molecule has 0 aromatic heterocycles. The van der Waals surface area contributed by atoms with Gasteiger partial charge in [-0.05, 0) is 55.7 Å². The average Bonchev–Trinajstić information content (AvgIpc) is 2.37. The van der Waals surface area contributed by atoms with E-state index in [1.165, 1.54) is 12.1 Å². The zero-order valence-electron chi connectivity index (χ0n) is 13.0. The zero-order valence-corrected chi connectivity index (χ0v) is 13.0. The van der Waals surface area contributed by atoms with E-state index in [1.807, 2.05) is 0 Å². The molecule has 6 heteroatoms. The molecule has 0 N–H and O–H groups in total. The molecular formula is C17H17F5O. The number of hydrogen-bond acceptors (Lipinski definition) is 1. The first kappa shape index (κ1) is 18.9. The molecule has 0 bridgehead atoms. The summed E-state index contributed by atoms with van der Waals surface area (Å²) in [4.78, 5) is 0. The lowest BCUT2D eigenvalue weighted by atomic mass is 9.94. The SMILES string of the molecule is C=C(F)/C(=C\C(=C/OCC)c1c(C)cc(F)cc1C)C(F)(F)F. The topological polar surface area (TPSA) is 9.23 Å². The Hall–Kier alpha value is -2.11. The Labute approximate surface area is 131 Å². The Bertz CT molecular complexity index is 630. The molecule has 0 amide bonds. The van der Waals surface area contributed by atoms with Crippen molar-refractivity contribution in [2.24, 2.45) is 0 Å². The van der Waals surface area contributed by atoms with Crippen molar-refractivity contribution in [3.05, 3.63) is 65.0 Å². The van der Waals surface area contributed by atoms with E-state index < -0.39 is 23.4 Å². The lowest BCUT2D eigenvalue weighted by Crippen LogP contribution is -2.12. The fraction of sp³-hybridized carbons (Fsp3) is 0.294. The fourth-order valence-electron chi connectivity index (χ4n) is 2.17. The minimum Gasteiger partial charge on any atom is -0.501 e. The molecule has 0 aliphatic rings. The molecule has 0 fully saturated rings. The highest BCUT2D eigenvalue weighted by Crippen LogP contribution is 2.35. The number of rotatable bonds is 5. The van der Waals surface area contributed by atoms with Crippen LogP contribution in [0.15, 0.2) is 42.4 Å². The van der Waals surface area contributed by atoms with Gasteiger partial charge >= 0.3 is 6.18 Å². The van der Waals surface area contributed by atoms with E-state index in [-0.39, 0.29) is 12.2 Å². The van der Waals surface area contributed by atoms with E-state index in [1.54, 1.807) is 20.8 Å². The van der Waals surface area contributed by atoms with Crippen molar-refractivity contribution in [3.8, 4) is 0 Å². The van der Waals surface area contributed by atoms with E-state index in [2.05, 4.69) is 6.58 Å². The molecule has 0 radical (unpaired) electrons. The van der Waals surface area contributed by atoms with Gasteiger partial charge in [0, 0.05) is 5.57 Å². The molecule has 23 heavy (non-hydrogen) atoms. The van der Waals surface area contributed by atoms with Crippen molar-refractivity contribution in [2.45, 2.75) is 26.9 Å². The maximum atomic E-state index is 13.4. The van der Waals surface area contributed by atoms with Gasteiger partial charge in [0.2, 0.25) is 0 Å². The van der Waals surface area contributed by atoms with Crippen molar-refractivity contribution >= 4 is 5.57 Å². The highest BCUT2D eigenvalue weighted by Gasteiger charge is 2.36. The number of aryl methyl sites for hydroxylation is 2. The summed E-state index contributed by atoms with van der Waals surface area (Å²) in [5.74, 6) is -2.10. The molecule has 0 spiro atoms. The van der Waals surface area contributed by atoms with E-state index in [0.717, 1.165) is 6.26 Å². The van der Waals surface area contributed by atoms with Gasteiger partial charge in [0.25, 0.3) is 0 Å². The van der Waals surface area contributed by atoms with Crippen LogP contribution < -0.4 is 0 Å². The maximum Gasteiger partial charge on any atom is 0.419 e. The quantitative estimate of drug-likeness (QED) is 0.377. The number of allylic oxidation sites excluding steroid dienone is 4. The van der Waals surface area contributed by atoms with Crippen LogP contribution in [0.25, 0.3) is 5.57 Å². The van der Waals surface area contributed by atoms with Crippen LogP contribution in [0, 0.1) is 19.7 Å². The third-order valence-electron chi connectivity index (χ3n) is 3.06. The van der Waals surface area contributed by atoms with E-state index >= 15 is 0 Å². The first-order valence-electron chi connectivity index (χ1n) is 6.80. The number of ether oxygens (including phenoxy) is 1. The molecule has 1 aromatic carbocycles. The Morgan fingerprint density at radius 3 is 2.13 bits per heavy atom. The summed E-state index contributed by atoms with van der Waals surface area (Å²) in [5.41, 5.74) is -0.339. The van der Waals surface area contributed by atoms with Crippen molar-refractivity contribution in [1.29, 1.82) is 0 Å². The lowest BCUT2D eigenvalue weighted by Gasteiger charge is -2.15. The Balaban J connectivity index is 3.58. The lowest BCUT2D eigenvalue weighted by molar-refractivity contribution is -0.0909. The van der Waals surface area contributed by atoms with Crippen LogP contribution in [0.5, 0.6) is 0 Å². The maximum absolute atomic E-state index is 13.4. The van der Waals surface area contributed by atoms with Gasteiger partial charge in [0.1, 0.15) is 11.6 Å². The summed E-state index contributed by atoms with van der Waals surface area (Å²) in [6.07, 6.45) is -3.19. The van der Waals surface area contributed by atoms with Crippen molar-refractivity contribution in [3.63, 3.8) is 0 Å². The minimum absolute atomic E-state index is 0.00650. The number of benzene rings is 1. The van der Waals surface area contributed by atoms with Gasteiger partial charge < -0.3 is 4.74 Å². The standard InChI is InChI=1S/C17H17F5O/c1-5-23-9-13(8-15(12(4)18)17(20,21)22)16-10(2)6-14(19)7-11(16)3/h6-9H,4-5H2,1-3H3/b13-9+,15-8+. The molecule has 0 saturated carbocycles. The van der Waals surface area contributed by atoms with Crippen LogP contribution in [0.2, 0.25) is 0 Å². The molecule has 1 rings (SSSR count). The predicted octanol–water partition coefficient (Wildman–Crippen LogP) is 5.79. The van der Waals surface area contributed by atoms with Gasteiger partial charge in [-0.2, -0.15) is 13.2 Å². The van der Waals surface area contributed by atoms with E-state index in [4.69, 9.17) is 4.74 Å². The summed E-state index contributed by atoms with van der Waals surface area (Å²) < 4.78 is 70.5. The number of hydrogen-bond donors (Lipinski definition) is 0. The monoisotopic (exact) mass is 332 g/mol. The van der Waals surface area contributed by atoms with Crippen LogP contribution >= 0.6 is 0 Å². The molecule has 0 unspecified atom stereocenters. The van der Waals surface area contributed by atoms with Gasteiger partial charge in [-0.1, -0.05) is 6.58 Å². The molecule has 126 valence electrons. The summed E-state index contributed by atoms with van der Waals surface area (Å²) in [6.45, 7) is 7.70. The number of alkyl halides is 3. The molecular weight excluding hydrogens is 315 g/mol. The van der Waals surface area contributed by atoms with E-state index in [0.29, 0.717) is 22.8 Å². The van der Waals surface area contributed by atoms with Crippen LogP contribution in [0.1, 0.15) is 23.6 Å². The largest absolute Gasteiger partial charge is 0.501 e. The minimum atomic E-state index is -4.90. The molecule has 0 aliphatic carbocycles. The van der Waals surface area contributed by atoms with Crippen molar-refractivity contribution in [2.75, 3.05) is 6.61 Å². The molecule has 0 atom stereocenters. The highest BCUT2D eigenvalue weighted by atomic mass is 19.4. The first-order chi connectivity index (χ1) is 10.6.